The van der Waals surface area contributed by atoms with E-state index in [0.29, 0.717) is 23.4 Å². The summed E-state index contributed by atoms with van der Waals surface area (Å²) >= 11 is 5.91. The number of benzene rings is 2. The normalized spacial score (nSPS) is 12.2. The van der Waals surface area contributed by atoms with E-state index in [2.05, 4.69) is 4.90 Å². The van der Waals surface area contributed by atoms with Crippen molar-refractivity contribution >= 4 is 17.5 Å². The Morgan fingerprint density at radius 3 is 2.50 bits per heavy atom. The van der Waals surface area contributed by atoms with Crippen LogP contribution in [0.2, 0.25) is 5.02 Å². The second-order valence-corrected chi connectivity index (χ2v) is 7.72. The fourth-order valence-corrected chi connectivity index (χ4v) is 3.35. The molecule has 28 heavy (non-hydrogen) atoms. The minimum atomic E-state index is -0.370. The average Bonchev–Trinajstić information content (AvgIpc) is 2.68. The van der Waals surface area contributed by atoms with Gasteiger partial charge in [0.1, 0.15) is 5.82 Å². The van der Waals surface area contributed by atoms with Crippen LogP contribution in [-0.2, 0) is 17.6 Å². The van der Waals surface area contributed by atoms with Gasteiger partial charge in [0, 0.05) is 10.9 Å². The quantitative estimate of drug-likeness (QED) is 0.454. The summed E-state index contributed by atoms with van der Waals surface area (Å²) in [6.45, 7) is 3.40. The molecule has 0 fully saturated rings. The summed E-state index contributed by atoms with van der Waals surface area (Å²) < 4.78 is 13.3. The molecule has 0 saturated heterocycles. The minimum Gasteiger partial charge on any atom is -0.306 e. The highest BCUT2D eigenvalue weighted by Gasteiger charge is 2.19. The molecule has 0 aliphatic carbocycles. The van der Waals surface area contributed by atoms with Gasteiger partial charge in [0.05, 0.1) is 0 Å². The number of nitrogens with zero attached hydrogens (tertiary/aromatic N) is 1. The molecule has 0 aliphatic heterocycles. The van der Waals surface area contributed by atoms with E-state index in [1.165, 1.54) is 6.07 Å². The molecular formula is C22H28ClFN2O2. The molecule has 2 N–H and O–H groups in total. The van der Waals surface area contributed by atoms with Crippen LogP contribution in [0.5, 0.6) is 0 Å². The topological polar surface area (TPSA) is 52.6 Å². The lowest BCUT2D eigenvalue weighted by Crippen LogP contribution is -2.32. The van der Waals surface area contributed by atoms with Gasteiger partial charge in [0.2, 0.25) is 5.91 Å². The highest BCUT2D eigenvalue weighted by Crippen LogP contribution is 2.17. The van der Waals surface area contributed by atoms with Crippen LogP contribution in [-0.4, -0.2) is 36.2 Å². The molecule has 0 heterocycles. The summed E-state index contributed by atoms with van der Waals surface area (Å²) in [5.41, 5.74) is 4.59. The molecule has 0 aliphatic rings. The van der Waals surface area contributed by atoms with Gasteiger partial charge in [-0.1, -0.05) is 35.9 Å². The average molecular weight is 407 g/mol. The Bertz CT molecular complexity index is 768. The van der Waals surface area contributed by atoms with E-state index < -0.39 is 0 Å². The standard InChI is InChI=1S/C22H28ClFN2O2/c1-16-14-17(7-10-21(16)24)4-3-12-26(2)13-11-19(22(27)25-28)15-18-5-8-20(23)9-6-18/h5-10,14,19,28H,3-4,11-13,15H2,1-2H3,(H,25,27). The highest BCUT2D eigenvalue weighted by atomic mass is 35.5. The number of nitrogens with one attached hydrogen (secondary N) is 1. The molecule has 0 bridgehead atoms. The van der Waals surface area contributed by atoms with Crippen molar-refractivity contribution in [1.82, 2.24) is 10.4 Å². The molecule has 2 aromatic carbocycles. The van der Waals surface area contributed by atoms with Crippen molar-refractivity contribution in [1.29, 1.82) is 0 Å². The van der Waals surface area contributed by atoms with E-state index in [1.54, 1.807) is 24.5 Å². The number of carbonyl (C=O) groups is 1. The Morgan fingerprint density at radius 2 is 1.86 bits per heavy atom. The Morgan fingerprint density at radius 1 is 1.18 bits per heavy atom. The van der Waals surface area contributed by atoms with E-state index in [9.17, 15) is 9.18 Å². The second-order valence-electron chi connectivity index (χ2n) is 7.28. The molecule has 0 radical (unpaired) electrons. The van der Waals surface area contributed by atoms with Gasteiger partial charge in [-0.2, -0.15) is 0 Å². The third-order valence-electron chi connectivity index (χ3n) is 4.96. The molecule has 1 atom stereocenters. The Labute approximate surface area is 171 Å². The van der Waals surface area contributed by atoms with Crippen LogP contribution < -0.4 is 5.48 Å². The van der Waals surface area contributed by atoms with Crippen molar-refractivity contribution < 1.29 is 14.4 Å². The first-order chi connectivity index (χ1) is 13.4. The van der Waals surface area contributed by atoms with Crippen LogP contribution in [0.15, 0.2) is 42.5 Å². The number of halogens is 2. The minimum absolute atomic E-state index is 0.172. The molecule has 4 nitrogen and oxygen atoms in total. The van der Waals surface area contributed by atoms with Crippen LogP contribution in [0.4, 0.5) is 4.39 Å². The van der Waals surface area contributed by atoms with Crippen molar-refractivity contribution in [3.8, 4) is 0 Å². The largest absolute Gasteiger partial charge is 0.306 e. The zero-order valence-corrected chi connectivity index (χ0v) is 17.2. The number of carbonyl (C=O) groups excluding carboxylic acids is 1. The molecule has 0 aromatic heterocycles. The first-order valence-corrected chi connectivity index (χ1v) is 9.89. The molecule has 152 valence electrons. The third-order valence-corrected chi connectivity index (χ3v) is 5.22. The van der Waals surface area contributed by atoms with E-state index in [4.69, 9.17) is 16.8 Å². The van der Waals surface area contributed by atoms with Gasteiger partial charge in [0.25, 0.3) is 0 Å². The SMILES string of the molecule is Cc1cc(CCCN(C)CCC(Cc2ccc(Cl)cc2)C(=O)NO)ccc1F. The van der Waals surface area contributed by atoms with Crippen LogP contribution in [0.3, 0.4) is 0 Å². The lowest BCUT2D eigenvalue weighted by atomic mass is 9.95. The highest BCUT2D eigenvalue weighted by molar-refractivity contribution is 6.30. The third kappa shape index (κ3) is 7.23. The smallest absolute Gasteiger partial charge is 0.246 e. The fourth-order valence-electron chi connectivity index (χ4n) is 3.23. The van der Waals surface area contributed by atoms with Crippen LogP contribution in [0.25, 0.3) is 0 Å². The lowest BCUT2D eigenvalue weighted by molar-refractivity contribution is -0.133. The fraction of sp³-hybridized carbons (Fsp3) is 0.409. The predicted molar refractivity (Wildman–Crippen MR) is 110 cm³/mol. The van der Waals surface area contributed by atoms with Gasteiger partial charge in [-0.05, 0) is 87.6 Å². The van der Waals surface area contributed by atoms with E-state index in [-0.39, 0.29) is 17.6 Å². The van der Waals surface area contributed by atoms with E-state index in [0.717, 1.165) is 37.1 Å². The van der Waals surface area contributed by atoms with Crippen molar-refractivity contribution in [2.45, 2.75) is 32.6 Å². The van der Waals surface area contributed by atoms with Gasteiger partial charge in [0.15, 0.2) is 0 Å². The zero-order chi connectivity index (χ0) is 20.5. The van der Waals surface area contributed by atoms with E-state index in [1.807, 2.05) is 31.3 Å². The molecule has 1 amide bonds. The van der Waals surface area contributed by atoms with Crippen LogP contribution in [0, 0.1) is 18.7 Å². The molecule has 1 unspecified atom stereocenters. The summed E-state index contributed by atoms with van der Waals surface area (Å²) in [4.78, 5) is 14.2. The number of rotatable bonds is 10. The molecule has 6 heteroatoms. The monoisotopic (exact) mass is 406 g/mol. The van der Waals surface area contributed by atoms with Gasteiger partial charge in [-0.15, -0.1) is 0 Å². The maximum Gasteiger partial charge on any atom is 0.246 e. The molecule has 2 rings (SSSR count). The first-order valence-electron chi connectivity index (χ1n) is 9.51. The summed E-state index contributed by atoms with van der Waals surface area (Å²) in [6, 6.07) is 12.6. The summed E-state index contributed by atoms with van der Waals surface area (Å²) in [6.07, 6.45) is 3.03. The van der Waals surface area contributed by atoms with E-state index >= 15 is 0 Å². The van der Waals surface area contributed by atoms with Crippen molar-refractivity contribution in [2.75, 3.05) is 20.1 Å². The zero-order valence-electron chi connectivity index (χ0n) is 16.4. The Balaban J connectivity index is 1.79. The Kier molecular flexibility index (Phi) is 8.90. The molecule has 2 aromatic rings. The molecule has 0 spiro atoms. The van der Waals surface area contributed by atoms with Crippen molar-refractivity contribution in [3.05, 3.63) is 70.0 Å². The van der Waals surface area contributed by atoms with Gasteiger partial charge >= 0.3 is 0 Å². The summed E-state index contributed by atoms with van der Waals surface area (Å²) in [7, 11) is 2.02. The number of hydroxylamine groups is 1. The van der Waals surface area contributed by atoms with Crippen LogP contribution in [0.1, 0.15) is 29.5 Å². The van der Waals surface area contributed by atoms with Crippen molar-refractivity contribution in [2.24, 2.45) is 5.92 Å². The number of aryl methyl sites for hydroxylation is 2. The van der Waals surface area contributed by atoms with Gasteiger partial charge in [-0.25, -0.2) is 9.87 Å². The van der Waals surface area contributed by atoms with Crippen molar-refractivity contribution in [3.63, 3.8) is 0 Å². The number of hydrogen-bond acceptors (Lipinski definition) is 3. The Hall–Kier alpha value is -1.95. The predicted octanol–water partition coefficient (Wildman–Crippen LogP) is 4.41. The summed E-state index contributed by atoms with van der Waals surface area (Å²) in [5.74, 6) is -0.853. The maximum atomic E-state index is 13.3. The maximum absolute atomic E-state index is 13.3. The molecular weight excluding hydrogens is 379 g/mol. The number of amides is 1. The van der Waals surface area contributed by atoms with Gasteiger partial charge < -0.3 is 4.90 Å². The molecule has 0 saturated carbocycles. The lowest BCUT2D eigenvalue weighted by Gasteiger charge is -2.21. The first kappa shape index (κ1) is 22.3. The second kappa shape index (κ2) is 11.1. The number of hydrogen-bond donors (Lipinski definition) is 2. The van der Waals surface area contributed by atoms with Crippen LogP contribution >= 0.6 is 11.6 Å². The van der Waals surface area contributed by atoms with Gasteiger partial charge in [-0.3, -0.25) is 10.0 Å². The summed E-state index contributed by atoms with van der Waals surface area (Å²) in [5, 5.41) is 9.70.